The number of aryl methyl sites for hydroxylation is 2. The molecular formula is C20H17N3OS. The Morgan fingerprint density at radius 3 is 2.76 bits per heavy atom. The van der Waals surface area contributed by atoms with Crippen LogP contribution in [-0.4, -0.2) is 15.1 Å². The molecule has 0 unspecified atom stereocenters. The number of anilines is 2. The van der Waals surface area contributed by atoms with Crippen molar-refractivity contribution in [3.63, 3.8) is 0 Å². The van der Waals surface area contributed by atoms with Crippen LogP contribution in [0.4, 0.5) is 11.5 Å². The second-order valence-electron chi connectivity index (χ2n) is 6.42. The number of aromatic hydroxyl groups is 1. The third kappa shape index (κ3) is 2.35. The Hall–Kier alpha value is -2.66. The molecule has 0 aliphatic heterocycles. The van der Waals surface area contributed by atoms with Gasteiger partial charge in [0.05, 0.1) is 5.39 Å². The molecule has 5 heteroatoms. The van der Waals surface area contributed by atoms with E-state index in [4.69, 9.17) is 0 Å². The minimum Gasteiger partial charge on any atom is -0.507 e. The molecule has 4 nitrogen and oxygen atoms in total. The quantitative estimate of drug-likeness (QED) is 0.525. The topological polar surface area (TPSA) is 58.0 Å². The van der Waals surface area contributed by atoms with Gasteiger partial charge >= 0.3 is 0 Å². The fraction of sp³-hybridized carbons (Fsp3) is 0.200. The number of thiophene rings is 1. The van der Waals surface area contributed by atoms with Gasteiger partial charge in [-0.05, 0) is 43.4 Å². The number of aromatic nitrogens is 2. The van der Waals surface area contributed by atoms with Gasteiger partial charge in [0, 0.05) is 21.3 Å². The molecule has 0 saturated carbocycles. The molecule has 2 aromatic heterocycles. The Kier molecular flexibility index (Phi) is 3.35. The van der Waals surface area contributed by atoms with Crippen molar-refractivity contribution in [2.24, 2.45) is 0 Å². The molecular weight excluding hydrogens is 330 g/mol. The Balaban J connectivity index is 1.68. The summed E-state index contributed by atoms with van der Waals surface area (Å²) in [5.41, 5.74) is 2.36. The van der Waals surface area contributed by atoms with Crippen molar-refractivity contribution < 1.29 is 5.11 Å². The normalized spacial score (nSPS) is 13.9. The minimum absolute atomic E-state index is 0.293. The van der Waals surface area contributed by atoms with Gasteiger partial charge in [-0.3, -0.25) is 0 Å². The van der Waals surface area contributed by atoms with Gasteiger partial charge in [0.1, 0.15) is 22.7 Å². The fourth-order valence-corrected chi connectivity index (χ4v) is 4.94. The standard InChI is InChI=1S/C20H17N3OS/c24-16-9-4-6-12-13(16)7-3-8-15(12)23-19-18-14-5-1-2-10-17(14)25-20(18)22-11-21-19/h3-4,6-9,11,24H,1-2,5,10H2,(H,21,22,23). The zero-order valence-electron chi connectivity index (χ0n) is 13.6. The van der Waals surface area contributed by atoms with Gasteiger partial charge in [-0.15, -0.1) is 11.3 Å². The Morgan fingerprint density at radius 2 is 1.80 bits per heavy atom. The van der Waals surface area contributed by atoms with Gasteiger partial charge in [0.25, 0.3) is 0 Å². The summed E-state index contributed by atoms with van der Waals surface area (Å²) in [6, 6.07) is 11.5. The summed E-state index contributed by atoms with van der Waals surface area (Å²) in [7, 11) is 0. The van der Waals surface area contributed by atoms with Gasteiger partial charge in [-0.1, -0.05) is 24.3 Å². The van der Waals surface area contributed by atoms with Crippen LogP contribution in [0.2, 0.25) is 0 Å². The molecule has 4 aromatic rings. The summed E-state index contributed by atoms with van der Waals surface area (Å²) in [6.07, 6.45) is 6.38. The third-order valence-corrected chi connectivity index (χ3v) is 6.10. The van der Waals surface area contributed by atoms with Crippen molar-refractivity contribution in [3.8, 4) is 5.75 Å². The predicted octanol–water partition coefficient (Wildman–Crippen LogP) is 5.17. The van der Waals surface area contributed by atoms with Crippen molar-refractivity contribution in [1.82, 2.24) is 9.97 Å². The molecule has 0 saturated heterocycles. The van der Waals surface area contributed by atoms with Crippen LogP contribution < -0.4 is 5.32 Å². The first kappa shape index (κ1) is 14.7. The summed E-state index contributed by atoms with van der Waals surface area (Å²) in [5, 5.41) is 16.6. The molecule has 0 amide bonds. The van der Waals surface area contributed by atoms with E-state index in [1.807, 2.05) is 30.3 Å². The lowest BCUT2D eigenvalue weighted by Gasteiger charge is -2.13. The summed E-state index contributed by atoms with van der Waals surface area (Å²) < 4.78 is 0. The van der Waals surface area contributed by atoms with Gasteiger partial charge in [-0.2, -0.15) is 0 Å². The number of phenols is 1. The van der Waals surface area contributed by atoms with Crippen LogP contribution in [0.1, 0.15) is 23.3 Å². The van der Waals surface area contributed by atoms with E-state index in [-0.39, 0.29) is 0 Å². The van der Waals surface area contributed by atoms with Gasteiger partial charge in [0.2, 0.25) is 0 Å². The summed E-state index contributed by atoms with van der Waals surface area (Å²) in [5.74, 6) is 1.15. The Labute approximate surface area is 149 Å². The molecule has 0 fully saturated rings. The first-order valence-corrected chi connectivity index (χ1v) is 9.36. The van der Waals surface area contributed by atoms with Crippen molar-refractivity contribution in [1.29, 1.82) is 0 Å². The zero-order valence-corrected chi connectivity index (χ0v) is 14.4. The lowest BCUT2D eigenvalue weighted by Crippen LogP contribution is -2.01. The Morgan fingerprint density at radius 1 is 0.960 bits per heavy atom. The molecule has 124 valence electrons. The average molecular weight is 347 g/mol. The van der Waals surface area contributed by atoms with E-state index in [2.05, 4.69) is 15.3 Å². The van der Waals surface area contributed by atoms with Crippen molar-refractivity contribution >= 4 is 43.8 Å². The van der Waals surface area contributed by atoms with E-state index >= 15 is 0 Å². The molecule has 1 aliphatic carbocycles. The van der Waals surface area contributed by atoms with Gasteiger partial charge in [-0.25, -0.2) is 9.97 Å². The maximum absolute atomic E-state index is 10.1. The van der Waals surface area contributed by atoms with Crippen LogP contribution >= 0.6 is 11.3 Å². The number of benzene rings is 2. The highest BCUT2D eigenvalue weighted by atomic mass is 32.1. The van der Waals surface area contributed by atoms with Crippen LogP contribution in [0.25, 0.3) is 21.0 Å². The SMILES string of the molecule is Oc1cccc2c(Nc3ncnc4sc5c(c34)CCCC5)cccc12. The maximum atomic E-state index is 10.1. The molecule has 0 atom stereocenters. The van der Waals surface area contributed by atoms with Crippen LogP contribution in [0.15, 0.2) is 42.7 Å². The number of phenolic OH excluding ortho intramolecular Hbond substituents is 1. The second-order valence-corrected chi connectivity index (χ2v) is 7.50. The van der Waals surface area contributed by atoms with E-state index in [0.29, 0.717) is 5.75 Å². The fourth-order valence-electron chi connectivity index (χ4n) is 3.71. The summed E-state index contributed by atoms with van der Waals surface area (Å²) in [4.78, 5) is 11.5. The number of hydrogen-bond acceptors (Lipinski definition) is 5. The number of nitrogens with zero attached hydrogens (tertiary/aromatic N) is 2. The third-order valence-electron chi connectivity index (χ3n) is 4.90. The number of nitrogens with one attached hydrogen (secondary N) is 1. The van der Waals surface area contributed by atoms with Crippen LogP contribution in [-0.2, 0) is 12.8 Å². The number of fused-ring (bicyclic) bond motifs is 4. The monoisotopic (exact) mass is 347 g/mol. The van der Waals surface area contributed by atoms with Crippen molar-refractivity contribution in [2.75, 3.05) is 5.32 Å². The molecule has 2 aromatic carbocycles. The first-order valence-electron chi connectivity index (χ1n) is 8.54. The predicted molar refractivity (Wildman–Crippen MR) is 103 cm³/mol. The highest BCUT2D eigenvalue weighted by Gasteiger charge is 2.20. The second kappa shape index (κ2) is 5.70. The smallest absolute Gasteiger partial charge is 0.142 e. The Bertz CT molecular complexity index is 1100. The van der Waals surface area contributed by atoms with Crippen LogP contribution in [0, 0.1) is 0 Å². The molecule has 2 heterocycles. The first-order chi connectivity index (χ1) is 12.3. The molecule has 0 radical (unpaired) electrons. The van der Waals surface area contributed by atoms with Crippen LogP contribution in [0.3, 0.4) is 0 Å². The van der Waals surface area contributed by atoms with E-state index in [1.165, 1.54) is 28.7 Å². The number of rotatable bonds is 2. The zero-order chi connectivity index (χ0) is 16.8. The lowest BCUT2D eigenvalue weighted by atomic mass is 9.97. The maximum Gasteiger partial charge on any atom is 0.142 e. The van der Waals surface area contributed by atoms with Gasteiger partial charge in [0.15, 0.2) is 0 Å². The summed E-state index contributed by atoms with van der Waals surface area (Å²) in [6.45, 7) is 0. The minimum atomic E-state index is 0.293. The van der Waals surface area contributed by atoms with E-state index in [0.717, 1.165) is 39.9 Å². The molecule has 0 bridgehead atoms. The van der Waals surface area contributed by atoms with Crippen LogP contribution in [0.5, 0.6) is 5.75 Å². The molecule has 0 spiro atoms. The highest BCUT2D eigenvalue weighted by molar-refractivity contribution is 7.19. The van der Waals surface area contributed by atoms with Gasteiger partial charge < -0.3 is 10.4 Å². The molecule has 25 heavy (non-hydrogen) atoms. The highest BCUT2D eigenvalue weighted by Crippen LogP contribution is 2.40. The van der Waals surface area contributed by atoms with Crippen molar-refractivity contribution in [2.45, 2.75) is 25.7 Å². The molecule has 5 rings (SSSR count). The average Bonchev–Trinajstić information content (AvgIpc) is 3.02. The van der Waals surface area contributed by atoms with E-state index < -0.39 is 0 Å². The lowest BCUT2D eigenvalue weighted by molar-refractivity contribution is 0.481. The number of hydrogen-bond donors (Lipinski definition) is 2. The van der Waals surface area contributed by atoms with E-state index in [9.17, 15) is 5.11 Å². The van der Waals surface area contributed by atoms with Crippen molar-refractivity contribution in [3.05, 3.63) is 53.2 Å². The molecule has 2 N–H and O–H groups in total. The summed E-state index contributed by atoms with van der Waals surface area (Å²) >= 11 is 1.80. The molecule has 1 aliphatic rings. The largest absolute Gasteiger partial charge is 0.507 e. The van der Waals surface area contributed by atoms with E-state index in [1.54, 1.807) is 23.7 Å².